The number of amides is 3. The Bertz CT molecular complexity index is 1450. The Morgan fingerprint density at radius 3 is 2.32 bits per heavy atom. The number of nitrogens with one attached hydrogen (secondary N) is 2. The predicted octanol–water partition coefficient (Wildman–Crippen LogP) is 4.05. The average Bonchev–Trinajstić information content (AvgIpc) is 2.87. The van der Waals surface area contributed by atoms with E-state index in [1.807, 2.05) is 5.32 Å². The first-order valence-corrected chi connectivity index (χ1v) is 12.4. The van der Waals surface area contributed by atoms with Gasteiger partial charge in [-0.15, -0.1) is 0 Å². The molecule has 0 aliphatic heterocycles. The number of carbonyl (C=O) groups is 3. The van der Waals surface area contributed by atoms with Gasteiger partial charge in [0, 0.05) is 10.7 Å². The lowest BCUT2D eigenvalue weighted by Crippen LogP contribution is -2.35. The first-order chi connectivity index (χ1) is 17.6. The highest BCUT2D eigenvalue weighted by molar-refractivity contribution is 7.91. The number of urea groups is 1. The number of sulfone groups is 1. The van der Waals surface area contributed by atoms with Crippen molar-refractivity contribution in [2.24, 2.45) is 0 Å². The van der Waals surface area contributed by atoms with Gasteiger partial charge in [-0.25, -0.2) is 22.4 Å². The Morgan fingerprint density at radius 2 is 1.68 bits per heavy atom. The maximum Gasteiger partial charge on any atom is 0.341 e. The van der Waals surface area contributed by atoms with Gasteiger partial charge in [0.05, 0.1) is 19.1 Å². The largest absolute Gasteiger partial charge is 0.496 e. The normalized spacial score (nSPS) is 10.8. The number of carbonyl (C=O) groups excluding carboxylic acids is 3. The van der Waals surface area contributed by atoms with E-state index in [9.17, 15) is 27.2 Å². The fourth-order valence-electron chi connectivity index (χ4n) is 3.08. The first kappa shape index (κ1) is 27.4. The van der Waals surface area contributed by atoms with Crippen LogP contribution in [-0.2, 0) is 14.6 Å². The fraction of sp³-hybridized carbons (Fsp3) is 0.125. The average molecular weight is 551 g/mol. The molecule has 3 rings (SSSR count). The van der Waals surface area contributed by atoms with E-state index in [0.717, 1.165) is 19.2 Å². The molecule has 3 amide bonds. The van der Waals surface area contributed by atoms with Gasteiger partial charge in [0.2, 0.25) is 9.84 Å². The van der Waals surface area contributed by atoms with Crippen LogP contribution in [0.5, 0.6) is 11.5 Å². The zero-order valence-corrected chi connectivity index (χ0v) is 21.0. The van der Waals surface area contributed by atoms with Gasteiger partial charge in [-0.3, -0.25) is 10.1 Å². The number of methoxy groups -OCH3 is 2. The van der Waals surface area contributed by atoms with E-state index in [4.69, 9.17) is 25.8 Å². The Labute approximate surface area is 216 Å². The minimum absolute atomic E-state index is 0.0270. The third-order valence-electron chi connectivity index (χ3n) is 4.83. The molecule has 0 radical (unpaired) electrons. The van der Waals surface area contributed by atoms with Crippen LogP contribution in [0, 0.1) is 5.82 Å². The smallest absolute Gasteiger partial charge is 0.341 e. The molecule has 0 aromatic heterocycles. The molecule has 3 aromatic carbocycles. The monoisotopic (exact) mass is 550 g/mol. The van der Waals surface area contributed by atoms with Gasteiger partial charge in [-0.2, -0.15) is 0 Å². The number of esters is 1. The van der Waals surface area contributed by atoms with Crippen LogP contribution < -0.4 is 20.1 Å². The molecule has 3 aromatic rings. The molecule has 0 aliphatic rings. The molecule has 2 N–H and O–H groups in total. The molecular weight excluding hydrogens is 531 g/mol. The van der Waals surface area contributed by atoms with Crippen molar-refractivity contribution >= 4 is 45.0 Å². The molecule has 194 valence electrons. The van der Waals surface area contributed by atoms with Crippen LogP contribution in [0.25, 0.3) is 0 Å². The second-order valence-electron chi connectivity index (χ2n) is 7.26. The van der Waals surface area contributed by atoms with Gasteiger partial charge in [-0.05, 0) is 54.6 Å². The maximum absolute atomic E-state index is 14.1. The Morgan fingerprint density at radius 1 is 0.973 bits per heavy atom. The van der Waals surface area contributed by atoms with Crippen molar-refractivity contribution in [2.45, 2.75) is 4.90 Å². The summed E-state index contributed by atoms with van der Waals surface area (Å²) in [6.45, 7) is 0. The minimum atomic E-state index is -3.89. The summed E-state index contributed by atoms with van der Waals surface area (Å²) in [5.41, 5.74) is -0.645. The van der Waals surface area contributed by atoms with Crippen LogP contribution in [0.15, 0.2) is 65.6 Å². The van der Waals surface area contributed by atoms with Crippen LogP contribution in [0.2, 0.25) is 5.02 Å². The number of imide groups is 1. The molecule has 0 heterocycles. The van der Waals surface area contributed by atoms with E-state index in [1.165, 1.54) is 55.6 Å². The van der Waals surface area contributed by atoms with Crippen molar-refractivity contribution in [1.29, 1.82) is 0 Å². The number of ether oxygens (including phenoxy) is 3. The molecule has 0 unspecified atom stereocenters. The lowest BCUT2D eigenvalue weighted by Gasteiger charge is -2.14. The van der Waals surface area contributed by atoms with Gasteiger partial charge in [0.15, 0.2) is 5.94 Å². The molecule has 13 heteroatoms. The van der Waals surface area contributed by atoms with Crippen molar-refractivity contribution < 1.29 is 41.4 Å². The Balaban J connectivity index is 1.76. The number of halogens is 2. The van der Waals surface area contributed by atoms with Crippen molar-refractivity contribution in [3.8, 4) is 11.5 Å². The van der Waals surface area contributed by atoms with E-state index >= 15 is 0 Å². The summed E-state index contributed by atoms with van der Waals surface area (Å²) in [5, 5.41) is 4.64. The van der Waals surface area contributed by atoms with E-state index < -0.39 is 45.1 Å². The zero-order chi connectivity index (χ0) is 27.2. The highest BCUT2D eigenvalue weighted by atomic mass is 35.5. The number of anilines is 1. The molecule has 0 bridgehead atoms. The topological polar surface area (TPSA) is 137 Å². The summed E-state index contributed by atoms with van der Waals surface area (Å²) in [7, 11) is -1.55. The standard InChI is InChI=1S/C24H20ClFN2O8S/c1-34-20-5-3-4-18(26)21(20)22(29)28-24(31)27-15-8-11-19(17(12-15)23(30)35-2)36-13-37(32,33)16-9-6-14(25)7-10-16/h3-12H,13H2,1-2H3,(H2,27,28,29,31). The van der Waals surface area contributed by atoms with Crippen LogP contribution in [0.1, 0.15) is 20.7 Å². The predicted molar refractivity (Wildman–Crippen MR) is 131 cm³/mol. The van der Waals surface area contributed by atoms with Gasteiger partial charge in [0.25, 0.3) is 5.91 Å². The second-order valence-corrected chi connectivity index (χ2v) is 9.63. The van der Waals surface area contributed by atoms with Crippen molar-refractivity contribution in [2.75, 3.05) is 25.5 Å². The summed E-state index contributed by atoms with van der Waals surface area (Å²) in [5.74, 6) is -3.85. The SMILES string of the molecule is COC(=O)c1cc(NC(=O)NC(=O)c2c(F)cccc2OC)ccc1OCS(=O)(=O)c1ccc(Cl)cc1. The summed E-state index contributed by atoms with van der Waals surface area (Å²) >= 11 is 5.78. The van der Waals surface area contributed by atoms with Gasteiger partial charge < -0.3 is 19.5 Å². The van der Waals surface area contributed by atoms with Crippen molar-refractivity contribution in [3.05, 3.63) is 82.6 Å². The Hall–Kier alpha value is -4.16. The van der Waals surface area contributed by atoms with Crippen LogP contribution in [0.4, 0.5) is 14.9 Å². The summed E-state index contributed by atoms with van der Waals surface area (Å²) in [6.07, 6.45) is 0. The molecule has 0 saturated carbocycles. The first-order valence-electron chi connectivity index (χ1n) is 10.3. The van der Waals surface area contributed by atoms with Crippen molar-refractivity contribution in [1.82, 2.24) is 5.32 Å². The van der Waals surface area contributed by atoms with Crippen molar-refractivity contribution in [3.63, 3.8) is 0 Å². The number of hydrogen-bond donors (Lipinski definition) is 2. The van der Waals surface area contributed by atoms with Gasteiger partial charge in [0.1, 0.15) is 28.4 Å². The van der Waals surface area contributed by atoms with Crippen LogP contribution in [-0.4, -0.2) is 46.5 Å². The summed E-state index contributed by atoms with van der Waals surface area (Å²) in [6, 6.07) is 11.8. The number of benzene rings is 3. The third kappa shape index (κ3) is 6.74. The summed E-state index contributed by atoms with van der Waals surface area (Å²) in [4.78, 5) is 37.0. The molecule has 0 aliphatic carbocycles. The molecular formula is C24H20ClFN2O8S. The highest BCUT2D eigenvalue weighted by Gasteiger charge is 2.22. The number of rotatable bonds is 8. The van der Waals surface area contributed by atoms with E-state index in [-0.39, 0.29) is 27.6 Å². The lowest BCUT2D eigenvalue weighted by atomic mass is 10.1. The Kier molecular flexibility index (Phi) is 8.69. The van der Waals surface area contributed by atoms with Crippen LogP contribution in [0.3, 0.4) is 0 Å². The fourth-order valence-corrected chi connectivity index (χ4v) is 4.17. The summed E-state index contributed by atoms with van der Waals surface area (Å²) < 4.78 is 54.2. The van der Waals surface area contributed by atoms with Gasteiger partial charge >= 0.3 is 12.0 Å². The van der Waals surface area contributed by atoms with Crippen LogP contribution >= 0.6 is 11.6 Å². The third-order valence-corrected chi connectivity index (χ3v) is 6.51. The van der Waals surface area contributed by atoms with E-state index in [0.29, 0.717) is 5.02 Å². The van der Waals surface area contributed by atoms with Gasteiger partial charge in [-0.1, -0.05) is 17.7 Å². The second kappa shape index (κ2) is 11.7. The quantitative estimate of drug-likeness (QED) is 0.401. The molecule has 0 spiro atoms. The molecule has 0 atom stereocenters. The van der Waals surface area contributed by atoms with E-state index in [1.54, 1.807) is 0 Å². The maximum atomic E-state index is 14.1. The molecule has 37 heavy (non-hydrogen) atoms. The van der Waals surface area contributed by atoms with E-state index in [2.05, 4.69) is 5.32 Å². The number of hydrogen-bond acceptors (Lipinski definition) is 8. The zero-order valence-electron chi connectivity index (χ0n) is 19.4. The lowest BCUT2D eigenvalue weighted by molar-refractivity contribution is 0.0596. The molecule has 0 fully saturated rings. The molecule has 10 nitrogen and oxygen atoms in total. The minimum Gasteiger partial charge on any atom is -0.496 e. The molecule has 0 saturated heterocycles. The highest BCUT2D eigenvalue weighted by Crippen LogP contribution is 2.26.